The molecule has 1 saturated carbocycles. The van der Waals surface area contributed by atoms with Crippen molar-refractivity contribution in [3.63, 3.8) is 0 Å². The van der Waals surface area contributed by atoms with E-state index >= 15 is 0 Å². The van der Waals surface area contributed by atoms with Crippen LogP contribution < -0.4 is 5.32 Å². The summed E-state index contributed by atoms with van der Waals surface area (Å²) in [4.78, 5) is 24.5. The quantitative estimate of drug-likeness (QED) is 0.807. The van der Waals surface area contributed by atoms with Crippen LogP contribution in [-0.4, -0.2) is 38.7 Å². The van der Waals surface area contributed by atoms with Crippen LogP contribution in [0.15, 0.2) is 29.2 Å². The Labute approximate surface area is 148 Å². The van der Waals surface area contributed by atoms with Crippen LogP contribution >= 0.6 is 0 Å². The molecule has 138 valence electrons. The fourth-order valence-corrected chi connectivity index (χ4v) is 3.58. The Morgan fingerprint density at radius 1 is 1.16 bits per heavy atom. The zero-order chi connectivity index (χ0) is 18.6. The lowest BCUT2D eigenvalue weighted by atomic mass is 9.86. The summed E-state index contributed by atoms with van der Waals surface area (Å²) in [6.45, 7) is 3.65. The molecule has 1 amide bonds. The van der Waals surface area contributed by atoms with Crippen LogP contribution in [0.25, 0.3) is 0 Å². The zero-order valence-corrected chi connectivity index (χ0v) is 15.6. The fourth-order valence-electron chi connectivity index (χ4n) is 2.95. The van der Waals surface area contributed by atoms with Gasteiger partial charge in [-0.15, -0.1) is 0 Å². The summed E-state index contributed by atoms with van der Waals surface area (Å²) in [5, 5.41) is 2.96. The molecule has 1 fully saturated rings. The number of rotatable bonds is 5. The topological polar surface area (TPSA) is 89.5 Å². The molecule has 0 radical (unpaired) electrons. The van der Waals surface area contributed by atoms with Crippen molar-refractivity contribution in [3.8, 4) is 0 Å². The number of ether oxygens (including phenoxy) is 1. The molecule has 7 heteroatoms. The summed E-state index contributed by atoms with van der Waals surface area (Å²) in [6.07, 6.45) is 4.50. The van der Waals surface area contributed by atoms with Gasteiger partial charge in [-0.05, 0) is 49.9 Å². The summed E-state index contributed by atoms with van der Waals surface area (Å²) in [5.74, 6) is -0.539. The lowest BCUT2D eigenvalue weighted by Crippen LogP contribution is -2.45. The first-order chi connectivity index (χ1) is 11.7. The molecule has 1 aliphatic rings. The van der Waals surface area contributed by atoms with Crippen molar-refractivity contribution in [1.82, 2.24) is 5.32 Å². The second-order valence-electron chi connectivity index (χ2n) is 6.72. The number of nitrogens with one attached hydrogen (secondary N) is 1. The third-order valence-corrected chi connectivity index (χ3v) is 5.74. The highest BCUT2D eigenvalue weighted by molar-refractivity contribution is 7.90. The zero-order valence-electron chi connectivity index (χ0n) is 14.8. The van der Waals surface area contributed by atoms with Gasteiger partial charge in [-0.3, -0.25) is 4.79 Å². The predicted octanol–water partition coefficient (Wildman–Crippen LogP) is 2.33. The number of esters is 1. The third kappa shape index (κ3) is 5.29. The minimum absolute atomic E-state index is 0.122. The number of carbonyl (C=O) groups is 2. The summed E-state index contributed by atoms with van der Waals surface area (Å²) in [7, 11) is -3.32. The van der Waals surface area contributed by atoms with Gasteiger partial charge in [0.1, 0.15) is 0 Å². The minimum atomic E-state index is -3.32. The molecule has 0 aliphatic heterocycles. The summed E-state index contributed by atoms with van der Waals surface area (Å²) in [5.41, 5.74) is 0.207. The average Bonchev–Trinajstić information content (AvgIpc) is 2.56. The molecule has 1 aliphatic carbocycles. The van der Waals surface area contributed by atoms with Crippen molar-refractivity contribution in [1.29, 1.82) is 0 Å². The highest BCUT2D eigenvalue weighted by atomic mass is 32.2. The SMILES string of the molecule is CC(OC(=O)c1ccc(S(C)(=O)=O)cc1)C(=O)NC1CCCCC1C. The summed E-state index contributed by atoms with van der Waals surface area (Å²) < 4.78 is 28.1. The van der Waals surface area contributed by atoms with Gasteiger partial charge in [0, 0.05) is 12.3 Å². The van der Waals surface area contributed by atoms with Crippen LogP contribution in [0, 0.1) is 5.92 Å². The average molecular weight is 367 g/mol. The molecule has 3 atom stereocenters. The molecule has 0 aromatic heterocycles. The van der Waals surface area contributed by atoms with E-state index in [4.69, 9.17) is 4.74 Å². The second-order valence-corrected chi connectivity index (χ2v) is 8.74. The Morgan fingerprint density at radius 3 is 2.32 bits per heavy atom. The first-order valence-electron chi connectivity index (χ1n) is 8.50. The van der Waals surface area contributed by atoms with Crippen LogP contribution in [0.4, 0.5) is 0 Å². The standard InChI is InChI=1S/C18H25NO5S/c1-12-6-4-5-7-16(12)19-17(20)13(2)24-18(21)14-8-10-15(11-9-14)25(3,22)23/h8-13,16H,4-7H2,1-3H3,(H,19,20). The van der Waals surface area contributed by atoms with Gasteiger partial charge in [0.2, 0.25) is 0 Å². The maximum Gasteiger partial charge on any atom is 0.338 e. The number of amides is 1. The fraction of sp³-hybridized carbons (Fsp3) is 0.556. The van der Waals surface area contributed by atoms with Crippen molar-refractivity contribution in [2.45, 2.75) is 56.6 Å². The van der Waals surface area contributed by atoms with E-state index < -0.39 is 21.9 Å². The van der Waals surface area contributed by atoms with Crippen molar-refractivity contribution < 1.29 is 22.7 Å². The lowest BCUT2D eigenvalue weighted by molar-refractivity contribution is -0.130. The molecule has 1 N–H and O–H groups in total. The molecule has 25 heavy (non-hydrogen) atoms. The largest absolute Gasteiger partial charge is 0.449 e. The van der Waals surface area contributed by atoms with Gasteiger partial charge < -0.3 is 10.1 Å². The van der Waals surface area contributed by atoms with Crippen LogP contribution in [0.5, 0.6) is 0 Å². The highest BCUT2D eigenvalue weighted by Crippen LogP contribution is 2.23. The van der Waals surface area contributed by atoms with Crippen molar-refractivity contribution in [2.24, 2.45) is 5.92 Å². The van der Waals surface area contributed by atoms with E-state index in [2.05, 4.69) is 12.2 Å². The molecular formula is C18H25NO5S. The van der Waals surface area contributed by atoms with Crippen LogP contribution in [0.1, 0.15) is 49.9 Å². The minimum Gasteiger partial charge on any atom is -0.449 e. The van der Waals surface area contributed by atoms with E-state index in [1.165, 1.54) is 37.6 Å². The Kier molecular flexibility index (Phi) is 6.21. The van der Waals surface area contributed by atoms with Gasteiger partial charge >= 0.3 is 5.97 Å². The van der Waals surface area contributed by atoms with E-state index in [9.17, 15) is 18.0 Å². The van der Waals surface area contributed by atoms with E-state index in [1.54, 1.807) is 0 Å². The smallest absolute Gasteiger partial charge is 0.338 e. The molecule has 0 saturated heterocycles. The first kappa shape index (κ1) is 19.4. The Balaban J connectivity index is 1.93. The van der Waals surface area contributed by atoms with Gasteiger partial charge in [0.25, 0.3) is 5.91 Å². The molecular weight excluding hydrogens is 342 g/mol. The monoisotopic (exact) mass is 367 g/mol. The second kappa shape index (κ2) is 7.99. The van der Waals surface area contributed by atoms with E-state index in [1.807, 2.05) is 0 Å². The number of carbonyl (C=O) groups excluding carboxylic acids is 2. The lowest BCUT2D eigenvalue weighted by Gasteiger charge is -2.30. The number of hydrogen-bond acceptors (Lipinski definition) is 5. The van der Waals surface area contributed by atoms with Crippen molar-refractivity contribution in [3.05, 3.63) is 29.8 Å². The van der Waals surface area contributed by atoms with E-state index in [-0.39, 0.29) is 22.4 Å². The van der Waals surface area contributed by atoms with E-state index in [0.29, 0.717) is 5.92 Å². The van der Waals surface area contributed by atoms with Crippen molar-refractivity contribution in [2.75, 3.05) is 6.26 Å². The van der Waals surface area contributed by atoms with Crippen molar-refractivity contribution >= 4 is 21.7 Å². The Bertz CT molecular complexity index is 726. The van der Waals surface area contributed by atoms with Gasteiger partial charge in [0.05, 0.1) is 10.5 Å². The molecule has 1 aromatic rings. The number of hydrogen-bond donors (Lipinski definition) is 1. The molecule has 0 spiro atoms. The highest BCUT2D eigenvalue weighted by Gasteiger charge is 2.26. The molecule has 2 rings (SSSR count). The van der Waals surface area contributed by atoms with Crippen LogP contribution in [0.3, 0.4) is 0 Å². The summed E-state index contributed by atoms with van der Waals surface area (Å²) in [6, 6.07) is 5.58. The molecule has 0 bridgehead atoms. The predicted molar refractivity (Wildman–Crippen MR) is 94.0 cm³/mol. The maximum absolute atomic E-state index is 12.2. The number of sulfone groups is 1. The third-order valence-electron chi connectivity index (χ3n) is 4.61. The van der Waals surface area contributed by atoms with Gasteiger partial charge in [0.15, 0.2) is 15.9 Å². The van der Waals surface area contributed by atoms with Crippen LogP contribution in [0.2, 0.25) is 0 Å². The van der Waals surface area contributed by atoms with Crippen LogP contribution in [-0.2, 0) is 19.4 Å². The molecule has 0 heterocycles. The summed E-state index contributed by atoms with van der Waals surface area (Å²) >= 11 is 0. The Morgan fingerprint density at radius 2 is 1.76 bits per heavy atom. The van der Waals surface area contributed by atoms with Gasteiger partial charge in [-0.2, -0.15) is 0 Å². The number of benzene rings is 1. The Hall–Kier alpha value is -1.89. The van der Waals surface area contributed by atoms with Gasteiger partial charge in [-0.1, -0.05) is 19.8 Å². The molecule has 3 unspecified atom stereocenters. The first-order valence-corrected chi connectivity index (χ1v) is 10.4. The van der Waals surface area contributed by atoms with Gasteiger partial charge in [-0.25, -0.2) is 13.2 Å². The van der Waals surface area contributed by atoms with E-state index in [0.717, 1.165) is 25.5 Å². The molecule has 1 aromatic carbocycles. The normalized spacial score (nSPS) is 22.0. The molecule has 6 nitrogen and oxygen atoms in total. The maximum atomic E-state index is 12.2.